The maximum atomic E-state index is 6.01. The smallest absolute Gasteiger partial charge is 0.260 e. The van der Waals surface area contributed by atoms with E-state index in [1.807, 2.05) is 13.8 Å². The Labute approximate surface area is 113 Å². The second-order valence-electron chi connectivity index (χ2n) is 3.97. The molecule has 92 valence electrons. The minimum atomic E-state index is -0.250. The average Bonchev–Trinajstić information content (AvgIpc) is 2.83. The summed E-state index contributed by atoms with van der Waals surface area (Å²) in [5.41, 5.74) is 6.58. The van der Waals surface area contributed by atoms with Crippen molar-refractivity contribution < 1.29 is 4.52 Å². The maximum absolute atomic E-state index is 6.01. The maximum Gasteiger partial charge on any atom is 0.260 e. The molecule has 2 rings (SSSR count). The summed E-state index contributed by atoms with van der Waals surface area (Å²) in [7, 11) is 0. The number of aromatic nitrogens is 2. The second-order valence-corrected chi connectivity index (χ2v) is 6.25. The van der Waals surface area contributed by atoms with Crippen LogP contribution < -0.4 is 5.73 Å². The summed E-state index contributed by atoms with van der Waals surface area (Å²) in [5.74, 6) is 1.07. The van der Waals surface area contributed by atoms with Gasteiger partial charge in [-0.15, -0.1) is 11.3 Å². The van der Waals surface area contributed by atoms with Crippen LogP contribution in [-0.2, 0) is 0 Å². The molecule has 17 heavy (non-hydrogen) atoms. The molecule has 0 amide bonds. The first-order chi connectivity index (χ1) is 7.99. The minimum absolute atomic E-state index is 0.238. The first-order valence-electron chi connectivity index (χ1n) is 5.03. The molecule has 0 bridgehead atoms. The predicted molar refractivity (Wildman–Crippen MR) is 69.4 cm³/mol. The fourth-order valence-electron chi connectivity index (χ4n) is 1.26. The standard InChI is InChI=1S/C10H11Cl2N3OS/c1-4(2)7(13)9-14-10(16-15-9)5-3-6(11)17-8(5)12/h3-4,7H,13H2,1-2H3. The lowest BCUT2D eigenvalue weighted by atomic mass is 10.1. The monoisotopic (exact) mass is 291 g/mol. The zero-order valence-corrected chi connectivity index (χ0v) is 11.6. The van der Waals surface area contributed by atoms with E-state index in [1.165, 1.54) is 11.3 Å². The van der Waals surface area contributed by atoms with Crippen molar-refractivity contribution in [1.29, 1.82) is 0 Å². The van der Waals surface area contributed by atoms with Crippen molar-refractivity contribution in [2.75, 3.05) is 0 Å². The van der Waals surface area contributed by atoms with Crippen molar-refractivity contribution in [3.63, 3.8) is 0 Å². The van der Waals surface area contributed by atoms with E-state index in [-0.39, 0.29) is 12.0 Å². The van der Waals surface area contributed by atoms with E-state index < -0.39 is 0 Å². The number of halogens is 2. The summed E-state index contributed by atoms with van der Waals surface area (Å²) in [6.45, 7) is 3.99. The Kier molecular flexibility index (Phi) is 3.73. The van der Waals surface area contributed by atoms with Crippen LogP contribution >= 0.6 is 34.5 Å². The van der Waals surface area contributed by atoms with Crippen LogP contribution in [0.4, 0.5) is 0 Å². The third-order valence-electron chi connectivity index (χ3n) is 2.35. The van der Waals surface area contributed by atoms with Crippen molar-refractivity contribution >= 4 is 34.5 Å². The third kappa shape index (κ3) is 2.63. The van der Waals surface area contributed by atoms with Gasteiger partial charge in [0.25, 0.3) is 5.89 Å². The third-order valence-corrected chi connectivity index (χ3v) is 3.83. The van der Waals surface area contributed by atoms with Crippen LogP contribution in [0.25, 0.3) is 11.5 Å². The molecule has 7 heteroatoms. The molecule has 2 N–H and O–H groups in total. The second kappa shape index (κ2) is 4.94. The minimum Gasteiger partial charge on any atom is -0.334 e. The number of nitrogens with zero attached hydrogens (tertiary/aromatic N) is 2. The molecule has 0 aliphatic carbocycles. The fraction of sp³-hybridized carbons (Fsp3) is 0.400. The van der Waals surface area contributed by atoms with Crippen molar-refractivity contribution in [3.05, 3.63) is 20.6 Å². The number of thiophene rings is 1. The molecule has 1 unspecified atom stereocenters. The molecule has 4 nitrogen and oxygen atoms in total. The molecular formula is C10H11Cl2N3OS. The highest BCUT2D eigenvalue weighted by atomic mass is 35.5. The Morgan fingerprint density at radius 1 is 1.41 bits per heavy atom. The van der Waals surface area contributed by atoms with E-state index in [0.29, 0.717) is 26.0 Å². The molecule has 0 fully saturated rings. The van der Waals surface area contributed by atoms with Crippen molar-refractivity contribution in [2.24, 2.45) is 11.7 Å². The molecule has 0 aliphatic rings. The van der Waals surface area contributed by atoms with Gasteiger partial charge in [-0.2, -0.15) is 4.98 Å². The SMILES string of the molecule is CC(C)C(N)c1noc(-c2cc(Cl)sc2Cl)n1. The highest BCUT2D eigenvalue weighted by Gasteiger charge is 2.20. The fourth-order valence-corrected chi connectivity index (χ4v) is 2.71. The van der Waals surface area contributed by atoms with Gasteiger partial charge >= 0.3 is 0 Å². The molecule has 2 aromatic heterocycles. The molecule has 0 saturated carbocycles. The summed E-state index contributed by atoms with van der Waals surface area (Å²) in [6.07, 6.45) is 0. The van der Waals surface area contributed by atoms with Crippen LogP contribution in [0, 0.1) is 5.92 Å². The zero-order valence-electron chi connectivity index (χ0n) is 9.28. The van der Waals surface area contributed by atoms with Gasteiger partial charge < -0.3 is 10.3 Å². The van der Waals surface area contributed by atoms with Gasteiger partial charge in [0.1, 0.15) is 4.34 Å². The Bertz CT molecular complexity index is 523. The number of nitrogens with two attached hydrogens (primary N) is 1. The Balaban J connectivity index is 2.33. The van der Waals surface area contributed by atoms with E-state index in [1.54, 1.807) is 6.07 Å². The quantitative estimate of drug-likeness (QED) is 0.935. The predicted octanol–water partition coefficient (Wildman–Crippen LogP) is 3.76. The lowest BCUT2D eigenvalue weighted by Gasteiger charge is -2.09. The Morgan fingerprint density at radius 3 is 2.65 bits per heavy atom. The summed E-state index contributed by atoms with van der Waals surface area (Å²) < 4.78 is 6.25. The Hall–Kier alpha value is -0.620. The molecule has 0 spiro atoms. The molecular weight excluding hydrogens is 281 g/mol. The zero-order chi connectivity index (χ0) is 12.6. The van der Waals surface area contributed by atoms with Crippen molar-refractivity contribution in [1.82, 2.24) is 10.1 Å². The number of hydrogen-bond acceptors (Lipinski definition) is 5. The average molecular weight is 292 g/mol. The van der Waals surface area contributed by atoms with Crippen molar-refractivity contribution in [2.45, 2.75) is 19.9 Å². The van der Waals surface area contributed by atoms with Crippen LogP contribution in [0.3, 0.4) is 0 Å². The summed E-state index contributed by atoms with van der Waals surface area (Å²) in [6, 6.07) is 1.45. The normalized spacial score (nSPS) is 13.3. The van der Waals surface area contributed by atoms with E-state index in [0.717, 1.165) is 0 Å². The van der Waals surface area contributed by atoms with Crippen molar-refractivity contribution in [3.8, 4) is 11.5 Å². The highest BCUT2D eigenvalue weighted by Crippen LogP contribution is 2.37. The van der Waals surface area contributed by atoms with Gasteiger partial charge in [0.05, 0.1) is 15.9 Å². The van der Waals surface area contributed by atoms with Gasteiger partial charge in [-0.3, -0.25) is 0 Å². The molecule has 1 atom stereocenters. The molecule has 0 saturated heterocycles. The van der Waals surface area contributed by atoms with Gasteiger partial charge in [0.2, 0.25) is 0 Å². The topological polar surface area (TPSA) is 64.9 Å². The summed E-state index contributed by atoms with van der Waals surface area (Å²) in [5, 5.41) is 3.86. The molecule has 2 heterocycles. The Morgan fingerprint density at radius 2 is 2.12 bits per heavy atom. The van der Waals surface area contributed by atoms with E-state index in [2.05, 4.69) is 10.1 Å². The van der Waals surface area contributed by atoms with Crippen LogP contribution in [-0.4, -0.2) is 10.1 Å². The van der Waals surface area contributed by atoms with Gasteiger partial charge in [-0.05, 0) is 12.0 Å². The van der Waals surface area contributed by atoms with Gasteiger partial charge in [0, 0.05) is 0 Å². The van der Waals surface area contributed by atoms with Gasteiger partial charge in [-0.25, -0.2) is 0 Å². The van der Waals surface area contributed by atoms with E-state index >= 15 is 0 Å². The van der Waals surface area contributed by atoms with Gasteiger partial charge in [0.15, 0.2) is 5.82 Å². The first kappa shape index (κ1) is 12.8. The number of hydrogen-bond donors (Lipinski definition) is 1. The number of rotatable bonds is 3. The summed E-state index contributed by atoms with van der Waals surface area (Å²) in [4.78, 5) is 4.24. The van der Waals surface area contributed by atoms with Crippen LogP contribution in [0.15, 0.2) is 10.6 Å². The molecule has 2 aromatic rings. The molecule has 0 aromatic carbocycles. The lowest BCUT2D eigenvalue weighted by molar-refractivity contribution is 0.400. The molecule has 0 aliphatic heterocycles. The lowest BCUT2D eigenvalue weighted by Crippen LogP contribution is -2.18. The highest BCUT2D eigenvalue weighted by molar-refractivity contribution is 7.20. The van der Waals surface area contributed by atoms with Crippen LogP contribution in [0.5, 0.6) is 0 Å². The van der Waals surface area contributed by atoms with E-state index in [4.69, 9.17) is 33.5 Å². The van der Waals surface area contributed by atoms with Crippen LogP contribution in [0.1, 0.15) is 25.7 Å². The first-order valence-corrected chi connectivity index (χ1v) is 6.60. The van der Waals surface area contributed by atoms with Gasteiger partial charge in [-0.1, -0.05) is 42.2 Å². The largest absolute Gasteiger partial charge is 0.334 e. The van der Waals surface area contributed by atoms with E-state index in [9.17, 15) is 0 Å². The summed E-state index contributed by atoms with van der Waals surface area (Å²) >= 11 is 13.1. The van der Waals surface area contributed by atoms with Crippen LogP contribution in [0.2, 0.25) is 8.67 Å². The molecule has 0 radical (unpaired) electrons.